The predicted molar refractivity (Wildman–Crippen MR) is 235 cm³/mol. The quantitative estimate of drug-likeness (QED) is 0.0603. The topological polar surface area (TPSA) is 51.2 Å². The summed E-state index contributed by atoms with van der Waals surface area (Å²) in [6.45, 7) is 15.2. The Hall–Kier alpha value is -6.79. The number of fused-ring (bicyclic) bond motifs is 1. The monoisotopic (exact) mass is 718 g/mol. The molecular formula is C49H46N6. The number of rotatable bonds is 15. The van der Waals surface area contributed by atoms with Crippen LogP contribution in [0, 0.1) is 0 Å². The first-order chi connectivity index (χ1) is 27.1. The van der Waals surface area contributed by atoms with Gasteiger partial charge >= 0.3 is 0 Å². The van der Waals surface area contributed by atoms with Gasteiger partial charge in [-0.1, -0.05) is 111 Å². The summed E-state index contributed by atoms with van der Waals surface area (Å²) < 4.78 is 4.48. The van der Waals surface area contributed by atoms with E-state index in [4.69, 9.17) is 9.97 Å². The molecule has 0 fully saturated rings. The van der Waals surface area contributed by atoms with Gasteiger partial charge in [-0.05, 0) is 111 Å². The Morgan fingerprint density at radius 2 is 1.56 bits per heavy atom. The number of unbranched alkanes of at least 4 members (excludes halogenated alkanes) is 1. The van der Waals surface area contributed by atoms with E-state index in [2.05, 4.69) is 173 Å². The van der Waals surface area contributed by atoms with Gasteiger partial charge < -0.3 is 4.90 Å². The zero-order valence-corrected chi connectivity index (χ0v) is 31.4. The van der Waals surface area contributed by atoms with Crippen LogP contribution >= 0.6 is 0 Å². The zero-order valence-electron chi connectivity index (χ0n) is 31.4. The fourth-order valence-corrected chi connectivity index (χ4v) is 7.12. The van der Waals surface area contributed by atoms with E-state index in [0.29, 0.717) is 0 Å². The highest BCUT2D eigenvalue weighted by Crippen LogP contribution is 2.36. The standard InChI is InChI=1S/C49H46N6/c1-5-37(48-52-44-32-19-21-34-47(44)55(48)41-27-12-8-9-13-28-41)36-38(49-51-42(6-2)45(7-3)54(49)40-29-16-11-17-30-40)24-22-23-35-53(39-25-14-10-15-26-39)46-33-20-18-31-43(46)50-4/h6-12,14-21,24-34,36H,2-5,13,22-23,35H2,1H3/b37-36+,38-24+. The van der Waals surface area contributed by atoms with Crippen molar-refractivity contribution in [3.8, 4) is 5.69 Å². The van der Waals surface area contributed by atoms with Crippen molar-refractivity contribution in [1.29, 1.82) is 0 Å². The van der Waals surface area contributed by atoms with Crippen molar-refractivity contribution < 1.29 is 0 Å². The van der Waals surface area contributed by atoms with Gasteiger partial charge in [0.15, 0.2) is 0 Å². The number of para-hydroxylation sites is 6. The first-order valence-corrected chi connectivity index (χ1v) is 18.9. The van der Waals surface area contributed by atoms with Crippen LogP contribution in [-0.2, 0) is 0 Å². The number of hydrogen-bond donors (Lipinski definition) is 0. The lowest BCUT2D eigenvalue weighted by molar-refractivity contribution is 0.825. The molecule has 0 atom stereocenters. The number of imidazole rings is 2. The molecule has 4 aromatic carbocycles. The fraction of sp³-hybridized carbons (Fsp3) is 0.122. The van der Waals surface area contributed by atoms with Crippen molar-refractivity contribution in [1.82, 2.24) is 19.1 Å². The van der Waals surface area contributed by atoms with E-state index < -0.39 is 0 Å². The molecule has 6 aromatic rings. The molecule has 2 aromatic heterocycles. The third-order valence-electron chi connectivity index (χ3n) is 9.76. The van der Waals surface area contributed by atoms with Crippen LogP contribution in [0.15, 0.2) is 170 Å². The summed E-state index contributed by atoms with van der Waals surface area (Å²) in [5.74, 6) is 1.74. The van der Waals surface area contributed by atoms with Crippen LogP contribution in [-0.4, -0.2) is 32.4 Å². The average molecular weight is 719 g/mol. The van der Waals surface area contributed by atoms with E-state index in [1.54, 1.807) is 0 Å². The normalized spacial score (nSPS) is 13.1. The molecule has 7 rings (SSSR count). The van der Waals surface area contributed by atoms with Crippen LogP contribution in [0.1, 0.15) is 55.6 Å². The maximum Gasteiger partial charge on any atom is 0.145 e. The zero-order chi connectivity index (χ0) is 38.0. The Morgan fingerprint density at radius 1 is 0.818 bits per heavy atom. The van der Waals surface area contributed by atoms with Crippen molar-refractivity contribution >= 4 is 63.8 Å². The van der Waals surface area contributed by atoms with Crippen molar-refractivity contribution in [2.45, 2.75) is 32.6 Å². The Morgan fingerprint density at radius 3 is 2.33 bits per heavy atom. The van der Waals surface area contributed by atoms with E-state index in [0.717, 1.165) is 106 Å². The number of hydrogen-bond acceptors (Lipinski definition) is 4. The summed E-state index contributed by atoms with van der Waals surface area (Å²) in [6, 6.07) is 37.4. The number of nitrogens with zero attached hydrogens (tertiary/aromatic N) is 6. The number of aromatic nitrogens is 4. The molecule has 1 aliphatic carbocycles. The predicted octanol–water partition coefficient (Wildman–Crippen LogP) is 12.7. The van der Waals surface area contributed by atoms with Crippen LogP contribution in [0.2, 0.25) is 0 Å². The molecule has 0 N–H and O–H groups in total. The minimum absolute atomic E-state index is 0.762. The lowest BCUT2D eigenvalue weighted by Crippen LogP contribution is -2.18. The third-order valence-corrected chi connectivity index (χ3v) is 9.76. The van der Waals surface area contributed by atoms with Crippen molar-refractivity contribution in [3.63, 3.8) is 0 Å². The Bertz CT molecular complexity index is 2470. The lowest BCUT2D eigenvalue weighted by Gasteiger charge is -2.26. The molecule has 6 heteroatoms. The molecule has 0 radical (unpaired) electrons. The summed E-state index contributed by atoms with van der Waals surface area (Å²) >= 11 is 0. The molecule has 1 aliphatic rings. The maximum absolute atomic E-state index is 5.27. The second-order valence-corrected chi connectivity index (χ2v) is 13.2. The molecule has 0 amide bonds. The van der Waals surface area contributed by atoms with E-state index in [1.807, 2.05) is 36.4 Å². The molecule has 0 spiro atoms. The molecule has 0 saturated heterocycles. The molecule has 0 aliphatic heterocycles. The van der Waals surface area contributed by atoms with Crippen LogP contribution < -0.4 is 4.90 Å². The number of anilines is 2. The highest BCUT2D eigenvalue weighted by molar-refractivity contribution is 5.89. The summed E-state index contributed by atoms with van der Waals surface area (Å²) in [6.07, 6.45) is 22.3. The first-order valence-electron chi connectivity index (χ1n) is 18.9. The smallest absolute Gasteiger partial charge is 0.145 e. The van der Waals surface area contributed by atoms with Crippen LogP contribution in [0.3, 0.4) is 0 Å². The van der Waals surface area contributed by atoms with Crippen LogP contribution in [0.25, 0.3) is 45.7 Å². The van der Waals surface area contributed by atoms with Gasteiger partial charge in [0.05, 0.1) is 33.8 Å². The molecule has 2 heterocycles. The summed E-state index contributed by atoms with van der Waals surface area (Å²) in [7, 11) is 0. The number of aliphatic imine (C=N–C) groups is 1. The van der Waals surface area contributed by atoms with Crippen molar-refractivity contribution in [2.24, 2.45) is 4.99 Å². The molecule has 0 bridgehead atoms. The van der Waals surface area contributed by atoms with Gasteiger partial charge in [-0.2, -0.15) is 0 Å². The lowest BCUT2D eigenvalue weighted by atomic mass is 10.0. The van der Waals surface area contributed by atoms with Gasteiger partial charge in [0, 0.05) is 29.2 Å². The Balaban J connectivity index is 1.36. The molecule has 272 valence electrons. The van der Waals surface area contributed by atoms with Crippen molar-refractivity contribution in [3.05, 3.63) is 188 Å². The number of allylic oxidation sites excluding steroid dienone is 10. The molecule has 55 heavy (non-hydrogen) atoms. The van der Waals surface area contributed by atoms with Crippen molar-refractivity contribution in [2.75, 3.05) is 11.4 Å². The largest absolute Gasteiger partial charge is 0.340 e. The van der Waals surface area contributed by atoms with E-state index >= 15 is 0 Å². The first kappa shape index (κ1) is 36.6. The fourth-order valence-electron chi connectivity index (χ4n) is 7.12. The van der Waals surface area contributed by atoms with Gasteiger partial charge in [-0.15, -0.1) is 0 Å². The minimum Gasteiger partial charge on any atom is -0.340 e. The van der Waals surface area contributed by atoms with E-state index in [9.17, 15) is 0 Å². The average Bonchev–Trinajstić information content (AvgIpc) is 3.70. The highest BCUT2D eigenvalue weighted by atomic mass is 15.1. The molecule has 0 unspecified atom stereocenters. The summed E-state index contributed by atoms with van der Waals surface area (Å²) in [5.41, 5.74) is 10.9. The van der Waals surface area contributed by atoms with Gasteiger partial charge in [0.25, 0.3) is 0 Å². The minimum atomic E-state index is 0.762. The second-order valence-electron chi connectivity index (χ2n) is 13.2. The van der Waals surface area contributed by atoms with Crippen LogP contribution in [0.4, 0.5) is 17.1 Å². The van der Waals surface area contributed by atoms with Crippen LogP contribution in [0.5, 0.6) is 0 Å². The van der Waals surface area contributed by atoms with Gasteiger partial charge in [0.2, 0.25) is 0 Å². The Labute approximate surface area is 324 Å². The Kier molecular flexibility index (Phi) is 11.5. The number of benzene rings is 4. The van der Waals surface area contributed by atoms with E-state index in [1.165, 1.54) is 0 Å². The van der Waals surface area contributed by atoms with E-state index in [-0.39, 0.29) is 0 Å². The summed E-state index contributed by atoms with van der Waals surface area (Å²) in [4.78, 5) is 17.2. The van der Waals surface area contributed by atoms with Gasteiger partial charge in [-0.25, -0.2) is 9.97 Å². The second kappa shape index (κ2) is 17.4. The maximum atomic E-state index is 5.27. The van der Waals surface area contributed by atoms with Gasteiger partial charge in [0.1, 0.15) is 11.6 Å². The molecular weight excluding hydrogens is 673 g/mol. The van der Waals surface area contributed by atoms with Gasteiger partial charge in [-0.3, -0.25) is 14.1 Å². The summed E-state index contributed by atoms with van der Waals surface area (Å²) in [5, 5.41) is 0. The highest BCUT2D eigenvalue weighted by Gasteiger charge is 2.21. The molecule has 6 nitrogen and oxygen atoms in total. The third kappa shape index (κ3) is 7.80. The molecule has 0 saturated carbocycles. The SMILES string of the molecule is C=Cc1nc(C(=C/CCCN(c2ccccc2)c2ccccc2N=C)/C=C(\CC)c2nc3ccccc3n2C2=CCC=CC=C2)n(-c2ccccc2)c1C=C.